The highest BCUT2D eigenvalue weighted by atomic mass is 16.3. The van der Waals surface area contributed by atoms with Crippen LogP contribution in [0.2, 0.25) is 0 Å². The number of hydrogen-bond acceptors (Lipinski definition) is 1. The Balaban J connectivity index is 1.57. The van der Waals surface area contributed by atoms with Crippen LogP contribution < -0.4 is 0 Å². The summed E-state index contributed by atoms with van der Waals surface area (Å²) in [5.41, 5.74) is 5.25. The first-order valence-electron chi connectivity index (χ1n) is 12.1. The van der Waals surface area contributed by atoms with Gasteiger partial charge in [-0.1, -0.05) is 82.2 Å². The minimum Gasteiger partial charge on any atom is -0.393 e. The molecule has 4 aliphatic rings. The average Bonchev–Trinajstić information content (AvgIpc) is 3.03. The smallest absolute Gasteiger partial charge is 0.0578 e. The van der Waals surface area contributed by atoms with Crippen LogP contribution in [-0.4, -0.2) is 11.2 Å². The SMILES string of the molecule is C=C(/C=C/C(C)C1CCC2C3=CC=C4C[C@@H](O)CCC4(C)C3CCC21C)C(C)C. The molecule has 4 rings (SSSR count). The molecule has 0 saturated heterocycles. The van der Waals surface area contributed by atoms with E-state index in [0.717, 1.165) is 31.1 Å². The molecule has 3 fully saturated rings. The van der Waals surface area contributed by atoms with E-state index < -0.39 is 0 Å². The zero-order valence-corrected chi connectivity index (χ0v) is 19.4. The standard InChI is InChI=1S/C28H42O/c1-18(2)19(3)7-8-20(4)24-11-12-25-23-10-9-21-17-22(29)13-15-27(21,5)26(23)14-16-28(24,25)6/h7-10,18,20,22,24-26,29H,3,11-17H2,1-2,4-6H3/b8-7+/t20?,22-,24?,25?,26?,27?,28?/m0/s1. The van der Waals surface area contributed by atoms with E-state index in [4.69, 9.17) is 0 Å². The Hall–Kier alpha value is -1.08. The summed E-state index contributed by atoms with van der Waals surface area (Å²) in [6.07, 6.45) is 17.9. The number of aliphatic hydroxyl groups is 1. The first-order chi connectivity index (χ1) is 13.7. The van der Waals surface area contributed by atoms with Crippen LogP contribution in [0.3, 0.4) is 0 Å². The normalized spacial score (nSPS) is 42.7. The lowest BCUT2D eigenvalue weighted by Gasteiger charge is -2.55. The Labute approximate surface area is 179 Å². The van der Waals surface area contributed by atoms with Gasteiger partial charge in [-0.25, -0.2) is 0 Å². The van der Waals surface area contributed by atoms with Gasteiger partial charge in [0.15, 0.2) is 0 Å². The first kappa shape index (κ1) is 21.2. The number of allylic oxidation sites excluding steroid dienone is 6. The quantitative estimate of drug-likeness (QED) is 0.498. The Morgan fingerprint density at radius 3 is 2.55 bits per heavy atom. The summed E-state index contributed by atoms with van der Waals surface area (Å²) in [6, 6.07) is 0. The van der Waals surface area contributed by atoms with Crippen LogP contribution in [0.5, 0.6) is 0 Å². The molecule has 0 heterocycles. The van der Waals surface area contributed by atoms with Crippen LogP contribution in [0.1, 0.15) is 79.6 Å². The lowest BCUT2D eigenvalue weighted by Crippen LogP contribution is -2.46. The van der Waals surface area contributed by atoms with Gasteiger partial charge in [0.2, 0.25) is 0 Å². The van der Waals surface area contributed by atoms with Crippen molar-refractivity contribution in [2.24, 2.45) is 40.4 Å². The molecule has 6 unspecified atom stereocenters. The van der Waals surface area contributed by atoms with Crippen molar-refractivity contribution in [2.45, 2.75) is 85.7 Å². The van der Waals surface area contributed by atoms with E-state index in [9.17, 15) is 5.11 Å². The second-order valence-electron chi connectivity index (χ2n) is 11.5. The van der Waals surface area contributed by atoms with Crippen LogP contribution in [0.15, 0.2) is 47.6 Å². The Bertz CT molecular complexity index is 752. The van der Waals surface area contributed by atoms with Crippen LogP contribution in [-0.2, 0) is 0 Å². The minimum absolute atomic E-state index is 0.123. The third-order valence-electron chi connectivity index (χ3n) is 9.61. The van der Waals surface area contributed by atoms with E-state index in [1.54, 1.807) is 5.57 Å². The zero-order chi connectivity index (χ0) is 21.0. The molecule has 1 heteroatoms. The first-order valence-corrected chi connectivity index (χ1v) is 12.1. The van der Waals surface area contributed by atoms with Gasteiger partial charge in [-0.2, -0.15) is 0 Å². The topological polar surface area (TPSA) is 20.2 Å². The molecule has 3 saturated carbocycles. The fourth-order valence-electron chi connectivity index (χ4n) is 7.49. The lowest BCUT2D eigenvalue weighted by atomic mass is 9.50. The van der Waals surface area contributed by atoms with Crippen molar-refractivity contribution in [3.8, 4) is 0 Å². The molecule has 7 atom stereocenters. The highest BCUT2D eigenvalue weighted by Gasteiger charge is 2.56. The van der Waals surface area contributed by atoms with E-state index in [-0.39, 0.29) is 6.10 Å². The monoisotopic (exact) mass is 394 g/mol. The van der Waals surface area contributed by atoms with E-state index in [1.165, 1.54) is 36.8 Å². The fraction of sp³-hybridized carbons (Fsp3) is 0.714. The number of aliphatic hydroxyl groups excluding tert-OH is 1. The van der Waals surface area contributed by atoms with Gasteiger partial charge in [0.1, 0.15) is 0 Å². The average molecular weight is 395 g/mol. The van der Waals surface area contributed by atoms with Crippen molar-refractivity contribution >= 4 is 0 Å². The molecule has 0 aromatic rings. The molecule has 1 nitrogen and oxygen atoms in total. The molecule has 0 spiro atoms. The molecule has 0 bridgehead atoms. The Morgan fingerprint density at radius 2 is 1.83 bits per heavy atom. The molecular weight excluding hydrogens is 352 g/mol. The molecule has 160 valence electrons. The van der Waals surface area contributed by atoms with Crippen molar-refractivity contribution in [1.29, 1.82) is 0 Å². The molecular formula is C28H42O. The van der Waals surface area contributed by atoms with Gasteiger partial charge >= 0.3 is 0 Å². The van der Waals surface area contributed by atoms with Crippen molar-refractivity contribution in [2.75, 3.05) is 0 Å². The molecule has 0 aromatic carbocycles. The maximum atomic E-state index is 10.2. The predicted octanol–water partition coefficient (Wildman–Crippen LogP) is 7.25. The van der Waals surface area contributed by atoms with Crippen LogP contribution in [0, 0.1) is 40.4 Å². The number of hydrogen-bond donors (Lipinski definition) is 1. The molecule has 29 heavy (non-hydrogen) atoms. The molecule has 4 aliphatic carbocycles. The minimum atomic E-state index is -0.123. The highest BCUT2D eigenvalue weighted by Crippen LogP contribution is 2.65. The Morgan fingerprint density at radius 1 is 1.07 bits per heavy atom. The van der Waals surface area contributed by atoms with Gasteiger partial charge in [-0.3, -0.25) is 0 Å². The van der Waals surface area contributed by atoms with Gasteiger partial charge in [0, 0.05) is 0 Å². The van der Waals surface area contributed by atoms with E-state index in [2.05, 4.69) is 65.5 Å². The lowest BCUT2D eigenvalue weighted by molar-refractivity contribution is 0.0383. The van der Waals surface area contributed by atoms with Gasteiger partial charge in [0.25, 0.3) is 0 Å². The third kappa shape index (κ3) is 3.42. The summed E-state index contributed by atoms with van der Waals surface area (Å²) < 4.78 is 0. The molecule has 1 N–H and O–H groups in total. The van der Waals surface area contributed by atoms with Crippen molar-refractivity contribution in [3.05, 3.63) is 47.6 Å². The van der Waals surface area contributed by atoms with E-state index in [0.29, 0.717) is 28.6 Å². The summed E-state index contributed by atoms with van der Waals surface area (Å²) >= 11 is 0. The fourth-order valence-corrected chi connectivity index (χ4v) is 7.49. The molecule has 0 aromatic heterocycles. The number of fused-ring (bicyclic) bond motifs is 5. The maximum Gasteiger partial charge on any atom is 0.0578 e. The van der Waals surface area contributed by atoms with Crippen molar-refractivity contribution < 1.29 is 5.11 Å². The van der Waals surface area contributed by atoms with Gasteiger partial charge in [0.05, 0.1) is 6.10 Å². The third-order valence-corrected chi connectivity index (χ3v) is 9.61. The second kappa shape index (κ2) is 7.56. The molecule has 0 amide bonds. The maximum absolute atomic E-state index is 10.2. The van der Waals surface area contributed by atoms with Gasteiger partial charge in [-0.05, 0) is 85.4 Å². The summed E-state index contributed by atoms with van der Waals surface area (Å²) in [4.78, 5) is 0. The van der Waals surface area contributed by atoms with Crippen LogP contribution in [0.4, 0.5) is 0 Å². The van der Waals surface area contributed by atoms with E-state index in [1.807, 2.05) is 0 Å². The molecule has 0 aliphatic heterocycles. The number of rotatable bonds is 4. The largest absolute Gasteiger partial charge is 0.393 e. The van der Waals surface area contributed by atoms with Crippen molar-refractivity contribution in [1.82, 2.24) is 0 Å². The summed E-state index contributed by atoms with van der Waals surface area (Å²) in [6.45, 7) is 16.2. The summed E-state index contributed by atoms with van der Waals surface area (Å²) in [5, 5.41) is 10.2. The summed E-state index contributed by atoms with van der Waals surface area (Å²) in [5.74, 6) is 3.38. The van der Waals surface area contributed by atoms with Crippen LogP contribution in [0.25, 0.3) is 0 Å². The second-order valence-corrected chi connectivity index (χ2v) is 11.5. The molecule has 0 radical (unpaired) electrons. The van der Waals surface area contributed by atoms with Crippen LogP contribution >= 0.6 is 0 Å². The van der Waals surface area contributed by atoms with Gasteiger partial charge < -0.3 is 5.11 Å². The Kier molecular flexibility index (Phi) is 5.52. The zero-order valence-electron chi connectivity index (χ0n) is 19.4. The summed E-state index contributed by atoms with van der Waals surface area (Å²) in [7, 11) is 0. The van der Waals surface area contributed by atoms with Gasteiger partial charge in [-0.15, -0.1) is 0 Å². The van der Waals surface area contributed by atoms with E-state index >= 15 is 0 Å². The predicted molar refractivity (Wildman–Crippen MR) is 123 cm³/mol. The van der Waals surface area contributed by atoms with Crippen molar-refractivity contribution in [3.63, 3.8) is 0 Å². The highest BCUT2D eigenvalue weighted by molar-refractivity contribution is 5.39.